The Hall–Kier alpha value is -1.63. The van der Waals surface area contributed by atoms with Gasteiger partial charge < -0.3 is 19.4 Å². The monoisotopic (exact) mass is 426 g/mol. The largest absolute Gasteiger partial charge is 0.494 e. The Labute approximate surface area is 189 Å². The zero-order valence-corrected chi connectivity index (χ0v) is 19.8. The fraction of sp³-hybridized carbons (Fsp3) is 0.640. The minimum Gasteiger partial charge on any atom is -0.399 e. The van der Waals surface area contributed by atoms with Gasteiger partial charge in [0, 0.05) is 13.5 Å². The van der Waals surface area contributed by atoms with E-state index in [1.54, 1.807) is 0 Å². The Morgan fingerprint density at radius 1 is 1.19 bits per heavy atom. The van der Waals surface area contributed by atoms with E-state index in [1.165, 1.54) is 18.4 Å². The van der Waals surface area contributed by atoms with Crippen LogP contribution in [-0.4, -0.2) is 42.9 Å². The maximum absolute atomic E-state index is 6.30. The van der Waals surface area contributed by atoms with Gasteiger partial charge in [0.25, 0.3) is 0 Å². The van der Waals surface area contributed by atoms with Gasteiger partial charge in [-0.3, -0.25) is 4.99 Å². The molecule has 2 atom stereocenters. The number of nitrogens with zero attached hydrogens (tertiary/aromatic N) is 1. The zero-order valence-electron chi connectivity index (χ0n) is 19.8. The van der Waals surface area contributed by atoms with E-state index in [0.29, 0.717) is 0 Å². The fourth-order valence-corrected chi connectivity index (χ4v) is 4.69. The molecule has 1 N–H and O–H groups in total. The Morgan fingerprint density at radius 2 is 1.90 bits per heavy atom. The Morgan fingerprint density at radius 3 is 2.58 bits per heavy atom. The summed E-state index contributed by atoms with van der Waals surface area (Å²) >= 11 is 0. The molecule has 6 heteroatoms. The third-order valence-corrected chi connectivity index (χ3v) is 7.33. The van der Waals surface area contributed by atoms with Crippen LogP contribution in [0.1, 0.15) is 79.3 Å². The van der Waals surface area contributed by atoms with Crippen LogP contribution >= 0.6 is 0 Å². The first-order chi connectivity index (χ1) is 14.7. The Balaban J connectivity index is 0.00000289. The van der Waals surface area contributed by atoms with Crippen molar-refractivity contribution in [3.63, 3.8) is 0 Å². The van der Waals surface area contributed by atoms with Gasteiger partial charge in [0.1, 0.15) is 5.84 Å². The van der Waals surface area contributed by atoms with Crippen LogP contribution in [0.5, 0.6) is 0 Å². The quantitative estimate of drug-likeness (QED) is 0.690. The smallest absolute Gasteiger partial charge is 0.399 e. The molecule has 0 aromatic heterocycles. The summed E-state index contributed by atoms with van der Waals surface area (Å²) < 4.78 is 18.7. The molecule has 0 unspecified atom stereocenters. The van der Waals surface area contributed by atoms with Gasteiger partial charge in [-0.15, -0.1) is 0 Å². The molecule has 0 bridgehead atoms. The van der Waals surface area contributed by atoms with Gasteiger partial charge >= 0.3 is 7.12 Å². The predicted octanol–water partition coefficient (Wildman–Crippen LogP) is 4.98. The maximum Gasteiger partial charge on any atom is 0.494 e. The second-order valence-corrected chi connectivity index (χ2v) is 10.0. The molecule has 0 spiro atoms. The number of anilines is 1. The summed E-state index contributed by atoms with van der Waals surface area (Å²) in [5.74, 6) is 1.02. The van der Waals surface area contributed by atoms with Crippen LogP contribution in [0.2, 0.25) is 0 Å². The second kappa shape index (κ2) is 8.72. The summed E-state index contributed by atoms with van der Waals surface area (Å²) in [6.07, 6.45) is 8.63. The standard InChI is InChI=1S/C25H37BN2O3.H2/c1-7-17-15-19(26-30-24(3,4)25(5,6)31-26)16-18(8-2)23(17)28-22-13-14-29-21-12-10-9-11-20(21)27-22;/h7,15-16,20-21H,1,8-14H2,2-6H3,(H,27,28);1H/t20-,21+;/m0./s1. The van der Waals surface area contributed by atoms with Crippen LogP contribution < -0.4 is 10.8 Å². The summed E-state index contributed by atoms with van der Waals surface area (Å²) in [6, 6.07) is 4.61. The number of hydrogen-bond acceptors (Lipinski definition) is 5. The molecule has 1 aromatic rings. The molecule has 2 fully saturated rings. The zero-order chi connectivity index (χ0) is 22.2. The van der Waals surface area contributed by atoms with Crippen LogP contribution in [0.15, 0.2) is 23.7 Å². The number of aliphatic imine (C=N–C) groups is 1. The summed E-state index contributed by atoms with van der Waals surface area (Å²) in [7, 11) is -0.380. The summed E-state index contributed by atoms with van der Waals surface area (Å²) in [6.45, 7) is 15.3. The lowest BCUT2D eigenvalue weighted by Gasteiger charge is -2.32. The van der Waals surface area contributed by atoms with Crippen molar-refractivity contribution in [1.82, 2.24) is 0 Å². The number of nitrogens with one attached hydrogen (secondary N) is 1. The number of aryl methyl sites for hydroxylation is 1. The molecule has 170 valence electrons. The fourth-order valence-electron chi connectivity index (χ4n) is 4.69. The predicted molar refractivity (Wildman–Crippen MR) is 131 cm³/mol. The highest BCUT2D eigenvalue weighted by molar-refractivity contribution is 6.62. The average Bonchev–Trinajstić information content (AvgIpc) is 2.86. The van der Waals surface area contributed by atoms with Crippen LogP contribution in [-0.2, 0) is 20.5 Å². The van der Waals surface area contributed by atoms with Gasteiger partial charge in [-0.25, -0.2) is 0 Å². The molecule has 2 heterocycles. The van der Waals surface area contributed by atoms with E-state index in [2.05, 4.69) is 58.6 Å². The number of hydrogen-bond donors (Lipinski definition) is 1. The first kappa shape index (κ1) is 22.6. The Kier molecular flexibility index (Phi) is 6.35. The first-order valence-electron chi connectivity index (χ1n) is 11.8. The normalized spacial score (nSPS) is 27.3. The van der Waals surface area contributed by atoms with E-state index >= 15 is 0 Å². The molecule has 0 radical (unpaired) electrons. The van der Waals surface area contributed by atoms with Crippen LogP contribution in [0.3, 0.4) is 0 Å². The van der Waals surface area contributed by atoms with Crippen molar-refractivity contribution in [2.24, 2.45) is 4.99 Å². The molecule has 31 heavy (non-hydrogen) atoms. The van der Waals surface area contributed by atoms with Crippen LogP contribution in [0.4, 0.5) is 5.69 Å². The van der Waals surface area contributed by atoms with E-state index in [1.807, 2.05) is 6.08 Å². The maximum atomic E-state index is 6.30. The molecule has 2 aliphatic heterocycles. The molecule has 1 aromatic carbocycles. The summed E-state index contributed by atoms with van der Waals surface area (Å²) in [4.78, 5) is 5.08. The van der Waals surface area contributed by atoms with Crippen molar-refractivity contribution in [2.75, 3.05) is 11.9 Å². The van der Waals surface area contributed by atoms with Gasteiger partial charge in [0.2, 0.25) is 0 Å². The van der Waals surface area contributed by atoms with Gasteiger partial charge in [-0.2, -0.15) is 0 Å². The minimum atomic E-state index is -0.380. The van der Waals surface area contributed by atoms with Crippen molar-refractivity contribution in [3.05, 3.63) is 29.8 Å². The molecule has 5 nitrogen and oxygen atoms in total. The molecule has 1 aliphatic carbocycles. The van der Waals surface area contributed by atoms with Crippen molar-refractivity contribution >= 4 is 30.2 Å². The third kappa shape index (κ3) is 4.48. The second-order valence-electron chi connectivity index (χ2n) is 10.0. The highest BCUT2D eigenvalue weighted by Crippen LogP contribution is 2.37. The number of amidine groups is 1. The number of rotatable bonds is 4. The molecule has 3 aliphatic rings. The molecule has 1 saturated carbocycles. The lowest BCUT2D eigenvalue weighted by Crippen LogP contribution is -2.41. The van der Waals surface area contributed by atoms with Crippen molar-refractivity contribution in [3.8, 4) is 0 Å². The van der Waals surface area contributed by atoms with E-state index in [0.717, 1.165) is 54.8 Å². The van der Waals surface area contributed by atoms with E-state index < -0.39 is 0 Å². The van der Waals surface area contributed by atoms with Gasteiger partial charge in [0.15, 0.2) is 0 Å². The van der Waals surface area contributed by atoms with Crippen LogP contribution in [0, 0.1) is 0 Å². The highest BCUT2D eigenvalue weighted by atomic mass is 16.7. The van der Waals surface area contributed by atoms with E-state index in [-0.39, 0.29) is 31.9 Å². The first-order valence-corrected chi connectivity index (χ1v) is 11.8. The summed E-state index contributed by atoms with van der Waals surface area (Å²) in [5.41, 5.74) is 3.68. The number of fused-ring (bicyclic) bond motifs is 1. The molecule has 1 saturated heterocycles. The Bertz CT molecular complexity index is 855. The topological polar surface area (TPSA) is 52.1 Å². The SMILES string of the molecule is C=Cc1cc(B2OC(C)(C)C(C)(C)O2)cc(CC)c1NC1=N[C@H]2CCCC[C@H]2OCC1.[HH]. The van der Waals surface area contributed by atoms with E-state index in [4.69, 9.17) is 19.0 Å². The highest BCUT2D eigenvalue weighted by Gasteiger charge is 2.51. The lowest BCUT2D eigenvalue weighted by molar-refractivity contribution is 0.00578. The number of benzene rings is 1. The average molecular weight is 426 g/mol. The van der Waals surface area contributed by atoms with Crippen molar-refractivity contribution in [2.45, 2.75) is 96.5 Å². The third-order valence-electron chi connectivity index (χ3n) is 7.33. The molecular formula is C25H39BN2O3. The van der Waals surface area contributed by atoms with Crippen LogP contribution in [0.25, 0.3) is 6.08 Å². The van der Waals surface area contributed by atoms with Gasteiger partial charge in [0.05, 0.1) is 30.0 Å². The van der Waals surface area contributed by atoms with Gasteiger partial charge in [-0.05, 0) is 63.5 Å². The minimum absolute atomic E-state index is 0. The van der Waals surface area contributed by atoms with Gasteiger partial charge in [-0.1, -0.05) is 44.6 Å². The lowest BCUT2D eigenvalue weighted by atomic mass is 9.76. The van der Waals surface area contributed by atoms with Crippen molar-refractivity contribution < 1.29 is 15.5 Å². The van der Waals surface area contributed by atoms with Crippen molar-refractivity contribution in [1.29, 1.82) is 0 Å². The molecule has 0 amide bonds. The summed E-state index contributed by atoms with van der Waals surface area (Å²) in [5, 5.41) is 3.66. The number of ether oxygens (including phenoxy) is 1. The van der Waals surface area contributed by atoms with E-state index in [9.17, 15) is 0 Å². The molecule has 4 rings (SSSR count). The molecular weight excluding hydrogens is 387 g/mol.